The highest BCUT2D eigenvalue weighted by atomic mass is 19.1. The van der Waals surface area contributed by atoms with Gasteiger partial charge in [0, 0.05) is 26.2 Å². The molecule has 4 rings (SSSR count). The van der Waals surface area contributed by atoms with Gasteiger partial charge in [-0.3, -0.25) is 19.5 Å². The number of aromatic nitrogens is 1. The van der Waals surface area contributed by atoms with Crippen LogP contribution in [0.5, 0.6) is 0 Å². The molecule has 35 heavy (non-hydrogen) atoms. The van der Waals surface area contributed by atoms with Gasteiger partial charge in [-0.05, 0) is 44.2 Å². The van der Waals surface area contributed by atoms with Gasteiger partial charge in [0.25, 0.3) is 0 Å². The van der Waals surface area contributed by atoms with E-state index in [1.54, 1.807) is 24.5 Å². The predicted octanol–water partition coefficient (Wildman–Crippen LogP) is 3.65. The van der Waals surface area contributed by atoms with Gasteiger partial charge in [0.05, 0.1) is 48.2 Å². The molecule has 3 heterocycles. The maximum Gasteiger partial charge on any atom is 0.414 e. The molecule has 1 aromatic heterocycles. The Morgan fingerprint density at radius 3 is 2.80 bits per heavy atom. The molecule has 0 aliphatic carbocycles. The molecule has 0 bridgehead atoms. The minimum atomic E-state index is -0.856. The fourth-order valence-electron chi connectivity index (χ4n) is 4.69. The van der Waals surface area contributed by atoms with Crippen molar-refractivity contribution in [2.24, 2.45) is 5.41 Å². The van der Waals surface area contributed by atoms with Crippen LogP contribution in [-0.2, 0) is 9.53 Å². The first kappa shape index (κ1) is 24.3. The van der Waals surface area contributed by atoms with Crippen molar-refractivity contribution in [3.8, 4) is 0 Å². The minimum absolute atomic E-state index is 0.205. The number of hydrogen-bond acceptors (Lipinski definition) is 6. The van der Waals surface area contributed by atoms with Crippen molar-refractivity contribution in [1.82, 2.24) is 10.3 Å². The number of anilines is 3. The van der Waals surface area contributed by atoms with Crippen LogP contribution in [0.15, 0.2) is 42.7 Å². The molecule has 1 unspecified atom stereocenters. The van der Waals surface area contributed by atoms with E-state index in [0.717, 1.165) is 5.69 Å². The topological polar surface area (TPSA) is 91.2 Å². The van der Waals surface area contributed by atoms with E-state index in [1.807, 2.05) is 30.9 Å². The molecule has 2 N–H and O–H groups in total. The van der Waals surface area contributed by atoms with Crippen molar-refractivity contribution in [3.05, 3.63) is 60.0 Å². The molecular weight excluding hydrogens is 451 g/mol. The van der Waals surface area contributed by atoms with Gasteiger partial charge in [-0.15, -0.1) is 0 Å². The van der Waals surface area contributed by atoms with Gasteiger partial charge in [-0.25, -0.2) is 15.8 Å². The van der Waals surface area contributed by atoms with E-state index in [4.69, 9.17) is 11.3 Å². The molecule has 2 amide bonds. The molecule has 2 aliphatic rings. The standard InChI is InChI=1S/C25H29FN6O3/c1-17(33)29-14-20-15-32(23(34)35-20)19-7-8-22(21(26)12-19)31-11-9-25(27-4,24(2,3)16-31)30-18-6-5-10-28-13-18/h5-8,10,12-13,20,30H,9,11,14-16H2,1-3H3,(H,29,33)/t20-,25?/m0/s1. The fourth-order valence-corrected chi connectivity index (χ4v) is 4.69. The van der Waals surface area contributed by atoms with Crippen molar-refractivity contribution in [2.75, 3.05) is 41.3 Å². The molecule has 1 aromatic carbocycles. The molecule has 2 saturated heterocycles. The zero-order valence-corrected chi connectivity index (χ0v) is 20.0. The lowest BCUT2D eigenvalue weighted by molar-refractivity contribution is -0.119. The number of benzene rings is 1. The van der Waals surface area contributed by atoms with Gasteiger partial charge in [0.1, 0.15) is 11.9 Å². The Bertz CT molecular complexity index is 1150. The largest absolute Gasteiger partial charge is 0.442 e. The average molecular weight is 481 g/mol. The lowest BCUT2D eigenvalue weighted by Gasteiger charge is -2.46. The number of cyclic esters (lactones) is 1. The van der Waals surface area contributed by atoms with E-state index in [1.165, 1.54) is 17.9 Å². The molecule has 2 aliphatic heterocycles. The SMILES string of the molecule is [C-]#[N+]C1(Nc2cccnc2)CCN(c2ccc(N3C[C@H](CNC(C)=O)OC3=O)cc2F)CC1(C)C. The molecule has 0 saturated carbocycles. The number of ether oxygens (including phenoxy) is 1. The van der Waals surface area contributed by atoms with Gasteiger partial charge in [0.15, 0.2) is 0 Å². The van der Waals surface area contributed by atoms with E-state index in [2.05, 4.69) is 20.5 Å². The monoisotopic (exact) mass is 480 g/mol. The van der Waals surface area contributed by atoms with Crippen LogP contribution < -0.4 is 20.4 Å². The number of carbonyl (C=O) groups excluding carboxylic acids is 2. The highest BCUT2D eigenvalue weighted by Gasteiger charge is 2.56. The smallest absolute Gasteiger partial charge is 0.414 e. The molecule has 184 valence electrons. The Morgan fingerprint density at radius 1 is 1.37 bits per heavy atom. The summed E-state index contributed by atoms with van der Waals surface area (Å²) < 4.78 is 20.6. The van der Waals surface area contributed by atoms with Crippen LogP contribution in [0.4, 0.5) is 26.2 Å². The first-order valence-corrected chi connectivity index (χ1v) is 11.5. The second kappa shape index (κ2) is 9.41. The van der Waals surface area contributed by atoms with Gasteiger partial charge in [-0.2, -0.15) is 0 Å². The Balaban J connectivity index is 1.48. The normalized spacial score (nSPS) is 23.4. The van der Waals surface area contributed by atoms with Crippen LogP contribution in [-0.4, -0.2) is 54.9 Å². The molecule has 0 spiro atoms. The van der Waals surface area contributed by atoms with E-state index < -0.39 is 29.1 Å². The van der Waals surface area contributed by atoms with Crippen molar-refractivity contribution >= 4 is 29.1 Å². The number of rotatable bonds is 6. The van der Waals surface area contributed by atoms with Crippen molar-refractivity contribution in [1.29, 1.82) is 0 Å². The summed E-state index contributed by atoms with van der Waals surface area (Å²) in [5, 5.41) is 6.00. The summed E-state index contributed by atoms with van der Waals surface area (Å²) in [5.41, 5.74) is 0.222. The van der Waals surface area contributed by atoms with E-state index in [0.29, 0.717) is 30.9 Å². The van der Waals surface area contributed by atoms with E-state index >= 15 is 4.39 Å². The Labute approximate surface area is 204 Å². The first-order valence-electron chi connectivity index (χ1n) is 11.5. The number of carbonyl (C=O) groups is 2. The number of amides is 2. The Kier molecular flexibility index (Phi) is 6.52. The third-order valence-corrected chi connectivity index (χ3v) is 6.69. The van der Waals surface area contributed by atoms with Crippen LogP contribution in [0, 0.1) is 17.8 Å². The number of halogens is 1. The Morgan fingerprint density at radius 2 is 2.17 bits per heavy atom. The number of nitrogens with zero attached hydrogens (tertiary/aromatic N) is 4. The minimum Gasteiger partial charge on any atom is -0.442 e. The van der Waals surface area contributed by atoms with Crippen LogP contribution in [0.1, 0.15) is 27.2 Å². The third-order valence-electron chi connectivity index (χ3n) is 6.69. The van der Waals surface area contributed by atoms with Crippen molar-refractivity contribution in [2.45, 2.75) is 39.0 Å². The lowest BCUT2D eigenvalue weighted by Crippen LogP contribution is -2.59. The van der Waals surface area contributed by atoms with Crippen LogP contribution in [0.2, 0.25) is 0 Å². The maximum atomic E-state index is 15.3. The second-order valence-corrected chi connectivity index (χ2v) is 9.58. The molecule has 2 fully saturated rings. The summed E-state index contributed by atoms with van der Waals surface area (Å²) in [7, 11) is 0. The quantitative estimate of drug-likeness (QED) is 0.614. The highest BCUT2D eigenvalue weighted by molar-refractivity contribution is 5.90. The summed E-state index contributed by atoms with van der Waals surface area (Å²) in [6, 6.07) is 8.38. The summed E-state index contributed by atoms with van der Waals surface area (Å²) in [6.07, 6.45) is 2.79. The lowest BCUT2D eigenvalue weighted by atomic mass is 9.73. The number of hydrogen-bond donors (Lipinski definition) is 2. The summed E-state index contributed by atoms with van der Waals surface area (Å²) in [4.78, 5) is 34.8. The van der Waals surface area contributed by atoms with E-state index in [9.17, 15) is 9.59 Å². The molecule has 2 aromatic rings. The molecule has 2 atom stereocenters. The van der Waals surface area contributed by atoms with Crippen LogP contribution in [0.25, 0.3) is 4.85 Å². The third kappa shape index (κ3) is 4.85. The van der Waals surface area contributed by atoms with Crippen LogP contribution in [0.3, 0.4) is 0 Å². The Hall–Kier alpha value is -3.87. The van der Waals surface area contributed by atoms with Crippen molar-refractivity contribution in [3.63, 3.8) is 0 Å². The van der Waals surface area contributed by atoms with Gasteiger partial charge in [0.2, 0.25) is 5.91 Å². The summed E-state index contributed by atoms with van der Waals surface area (Å²) in [6.45, 7) is 14.7. The molecular formula is C25H29FN6O3. The predicted molar refractivity (Wildman–Crippen MR) is 131 cm³/mol. The summed E-state index contributed by atoms with van der Waals surface area (Å²) >= 11 is 0. The zero-order valence-electron chi connectivity index (χ0n) is 20.0. The van der Waals surface area contributed by atoms with E-state index in [-0.39, 0.29) is 19.0 Å². The summed E-state index contributed by atoms with van der Waals surface area (Å²) in [5.74, 6) is -0.663. The first-order chi connectivity index (χ1) is 16.6. The number of nitrogens with one attached hydrogen (secondary N) is 2. The van der Waals surface area contributed by atoms with Crippen LogP contribution >= 0.6 is 0 Å². The number of pyridine rings is 1. The molecule has 0 radical (unpaired) electrons. The van der Waals surface area contributed by atoms with Gasteiger partial charge >= 0.3 is 11.8 Å². The molecule has 9 nitrogen and oxygen atoms in total. The number of piperidine rings is 1. The average Bonchev–Trinajstić information content (AvgIpc) is 3.20. The van der Waals surface area contributed by atoms with Gasteiger partial charge < -0.3 is 20.3 Å². The second-order valence-electron chi connectivity index (χ2n) is 9.58. The highest BCUT2D eigenvalue weighted by Crippen LogP contribution is 2.44. The van der Waals surface area contributed by atoms with Crippen molar-refractivity contribution < 1.29 is 18.7 Å². The fraction of sp³-hybridized carbons (Fsp3) is 0.440. The maximum absolute atomic E-state index is 15.3. The zero-order chi connectivity index (χ0) is 25.2. The molecule has 10 heteroatoms. The van der Waals surface area contributed by atoms with Gasteiger partial charge in [-0.1, -0.05) is 0 Å².